The molecular formula is C18H22ClN3O2. The van der Waals surface area contributed by atoms with Crippen molar-refractivity contribution in [2.24, 2.45) is 5.92 Å². The number of anilines is 1. The summed E-state index contributed by atoms with van der Waals surface area (Å²) in [6, 6.07) is 7.77. The van der Waals surface area contributed by atoms with E-state index in [1.165, 1.54) is 12.8 Å². The van der Waals surface area contributed by atoms with Crippen molar-refractivity contribution in [1.82, 2.24) is 10.3 Å². The first-order valence-corrected chi connectivity index (χ1v) is 8.37. The summed E-state index contributed by atoms with van der Waals surface area (Å²) in [5, 5.41) is 6.27. The molecule has 5 nitrogen and oxygen atoms in total. The number of benzene rings is 1. The standard InChI is InChI=1S/C18H21N3O2.ClH/c22-17(14-2-1-9-19-10-14)21-15-7-5-12(6-8-15)16-11-20-18(23-16)13-3-4-13;/h5-8,11,13-14,19H,1-4,9-10H2,(H,21,22);1H. The molecule has 2 heterocycles. The van der Waals surface area contributed by atoms with Gasteiger partial charge in [0.25, 0.3) is 0 Å². The first kappa shape index (κ1) is 17.0. The molecule has 2 fully saturated rings. The molecule has 1 aliphatic heterocycles. The molecule has 1 aromatic carbocycles. The van der Waals surface area contributed by atoms with Crippen molar-refractivity contribution in [3.05, 3.63) is 36.4 Å². The number of rotatable bonds is 4. The Labute approximate surface area is 147 Å². The Morgan fingerprint density at radius 3 is 2.67 bits per heavy atom. The van der Waals surface area contributed by atoms with Gasteiger partial charge in [0.15, 0.2) is 11.7 Å². The highest BCUT2D eigenvalue weighted by molar-refractivity contribution is 5.93. The maximum Gasteiger partial charge on any atom is 0.228 e. The molecule has 1 saturated carbocycles. The van der Waals surface area contributed by atoms with E-state index < -0.39 is 0 Å². The number of piperidine rings is 1. The Kier molecular flexibility index (Phi) is 5.21. The first-order valence-electron chi connectivity index (χ1n) is 8.37. The van der Waals surface area contributed by atoms with E-state index in [1.807, 2.05) is 24.3 Å². The zero-order valence-electron chi connectivity index (χ0n) is 13.5. The van der Waals surface area contributed by atoms with Crippen LogP contribution in [0.5, 0.6) is 0 Å². The second-order valence-electron chi connectivity index (χ2n) is 6.45. The maximum atomic E-state index is 12.2. The van der Waals surface area contributed by atoms with Gasteiger partial charge in [0.2, 0.25) is 5.91 Å². The molecule has 4 rings (SSSR count). The van der Waals surface area contributed by atoms with Crippen molar-refractivity contribution < 1.29 is 9.21 Å². The third kappa shape index (κ3) is 3.79. The molecular weight excluding hydrogens is 326 g/mol. The number of oxazole rings is 1. The molecule has 1 unspecified atom stereocenters. The van der Waals surface area contributed by atoms with Crippen molar-refractivity contribution in [2.75, 3.05) is 18.4 Å². The molecule has 1 atom stereocenters. The normalized spacial score (nSPS) is 20.2. The predicted molar refractivity (Wildman–Crippen MR) is 95.4 cm³/mol. The van der Waals surface area contributed by atoms with E-state index in [4.69, 9.17) is 4.42 Å². The number of nitrogens with one attached hydrogen (secondary N) is 2. The highest BCUT2D eigenvalue weighted by Gasteiger charge is 2.28. The van der Waals surface area contributed by atoms with Crippen molar-refractivity contribution in [2.45, 2.75) is 31.6 Å². The van der Waals surface area contributed by atoms with E-state index in [2.05, 4.69) is 15.6 Å². The van der Waals surface area contributed by atoms with E-state index in [-0.39, 0.29) is 24.2 Å². The fraction of sp³-hybridized carbons (Fsp3) is 0.444. The van der Waals surface area contributed by atoms with Gasteiger partial charge in [0.05, 0.1) is 12.1 Å². The molecule has 2 aromatic rings. The molecule has 1 saturated heterocycles. The highest BCUT2D eigenvalue weighted by atomic mass is 35.5. The van der Waals surface area contributed by atoms with Crippen molar-refractivity contribution >= 4 is 24.0 Å². The third-order valence-corrected chi connectivity index (χ3v) is 4.55. The van der Waals surface area contributed by atoms with E-state index in [9.17, 15) is 4.79 Å². The lowest BCUT2D eigenvalue weighted by atomic mass is 9.99. The highest BCUT2D eigenvalue weighted by Crippen LogP contribution is 2.40. The number of carbonyl (C=O) groups excluding carboxylic acids is 1. The SMILES string of the molecule is Cl.O=C(Nc1ccc(-c2cnc(C3CC3)o2)cc1)C1CCCNC1. The number of aromatic nitrogens is 1. The summed E-state index contributed by atoms with van der Waals surface area (Å²) in [5.74, 6) is 2.33. The summed E-state index contributed by atoms with van der Waals surface area (Å²) in [6.45, 7) is 1.78. The Bertz CT molecular complexity index is 689. The van der Waals surface area contributed by atoms with Crippen LogP contribution in [-0.2, 0) is 4.79 Å². The van der Waals surface area contributed by atoms with Gasteiger partial charge in [-0.2, -0.15) is 0 Å². The molecule has 0 spiro atoms. The minimum atomic E-state index is 0. The van der Waals surface area contributed by atoms with Gasteiger partial charge in [0, 0.05) is 23.7 Å². The van der Waals surface area contributed by atoms with Gasteiger partial charge in [-0.3, -0.25) is 4.79 Å². The molecule has 6 heteroatoms. The number of nitrogens with zero attached hydrogens (tertiary/aromatic N) is 1. The molecule has 1 aliphatic carbocycles. The predicted octanol–water partition coefficient (Wildman–Crippen LogP) is 3.58. The Balaban J connectivity index is 0.00000169. The Morgan fingerprint density at radius 2 is 2.00 bits per heavy atom. The van der Waals surface area contributed by atoms with Crippen molar-refractivity contribution in [3.8, 4) is 11.3 Å². The minimum absolute atomic E-state index is 0. The zero-order valence-corrected chi connectivity index (χ0v) is 14.3. The summed E-state index contributed by atoms with van der Waals surface area (Å²) in [7, 11) is 0. The molecule has 1 amide bonds. The van der Waals surface area contributed by atoms with Crippen LogP contribution in [0.25, 0.3) is 11.3 Å². The van der Waals surface area contributed by atoms with Gasteiger partial charge in [-0.1, -0.05) is 0 Å². The van der Waals surface area contributed by atoms with Crippen LogP contribution in [0.4, 0.5) is 5.69 Å². The molecule has 24 heavy (non-hydrogen) atoms. The number of hydrogen-bond donors (Lipinski definition) is 2. The zero-order chi connectivity index (χ0) is 15.6. The van der Waals surface area contributed by atoms with E-state index in [1.54, 1.807) is 6.20 Å². The lowest BCUT2D eigenvalue weighted by Crippen LogP contribution is -2.37. The Morgan fingerprint density at radius 1 is 1.21 bits per heavy atom. The van der Waals surface area contributed by atoms with Gasteiger partial charge in [-0.25, -0.2) is 4.98 Å². The summed E-state index contributed by atoms with van der Waals surface area (Å²) in [4.78, 5) is 16.6. The van der Waals surface area contributed by atoms with Crippen LogP contribution >= 0.6 is 12.4 Å². The van der Waals surface area contributed by atoms with Crippen molar-refractivity contribution in [1.29, 1.82) is 0 Å². The minimum Gasteiger partial charge on any atom is -0.440 e. The lowest BCUT2D eigenvalue weighted by Gasteiger charge is -2.21. The maximum absolute atomic E-state index is 12.2. The van der Waals surface area contributed by atoms with Crippen LogP contribution in [0, 0.1) is 5.92 Å². The number of hydrogen-bond acceptors (Lipinski definition) is 4. The fourth-order valence-corrected chi connectivity index (χ4v) is 2.98. The average molecular weight is 348 g/mol. The molecule has 0 bridgehead atoms. The fourth-order valence-electron chi connectivity index (χ4n) is 2.98. The summed E-state index contributed by atoms with van der Waals surface area (Å²) in [6.07, 6.45) is 6.17. The van der Waals surface area contributed by atoms with Gasteiger partial charge >= 0.3 is 0 Å². The van der Waals surface area contributed by atoms with E-state index in [0.29, 0.717) is 5.92 Å². The molecule has 128 valence electrons. The third-order valence-electron chi connectivity index (χ3n) is 4.55. The van der Waals surface area contributed by atoms with Crippen LogP contribution in [0.15, 0.2) is 34.9 Å². The van der Waals surface area contributed by atoms with Crippen LogP contribution in [0.2, 0.25) is 0 Å². The number of carbonyl (C=O) groups is 1. The topological polar surface area (TPSA) is 67.2 Å². The summed E-state index contributed by atoms with van der Waals surface area (Å²) in [5.41, 5.74) is 1.81. The van der Waals surface area contributed by atoms with Gasteiger partial charge in [-0.15, -0.1) is 12.4 Å². The lowest BCUT2D eigenvalue weighted by molar-refractivity contribution is -0.120. The van der Waals surface area contributed by atoms with Crippen LogP contribution in [-0.4, -0.2) is 24.0 Å². The summed E-state index contributed by atoms with van der Waals surface area (Å²) < 4.78 is 5.80. The van der Waals surface area contributed by atoms with Crippen molar-refractivity contribution in [3.63, 3.8) is 0 Å². The largest absolute Gasteiger partial charge is 0.440 e. The molecule has 1 aromatic heterocycles. The van der Waals surface area contributed by atoms with Gasteiger partial charge < -0.3 is 15.1 Å². The summed E-state index contributed by atoms with van der Waals surface area (Å²) >= 11 is 0. The Hall–Kier alpha value is -1.85. The van der Waals surface area contributed by atoms with E-state index >= 15 is 0 Å². The second kappa shape index (κ2) is 7.36. The number of halogens is 1. The van der Waals surface area contributed by atoms with Crippen LogP contribution in [0.3, 0.4) is 0 Å². The number of amides is 1. The molecule has 2 N–H and O–H groups in total. The van der Waals surface area contributed by atoms with Gasteiger partial charge in [0.1, 0.15) is 0 Å². The van der Waals surface area contributed by atoms with E-state index in [0.717, 1.165) is 48.8 Å². The quantitative estimate of drug-likeness (QED) is 0.887. The monoisotopic (exact) mass is 347 g/mol. The first-order chi connectivity index (χ1) is 11.3. The van der Waals surface area contributed by atoms with Crippen LogP contribution in [0.1, 0.15) is 37.5 Å². The second-order valence-corrected chi connectivity index (χ2v) is 6.45. The average Bonchev–Trinajstić information content (AvgIpc) is 3.34. The molecule has 2 aliphatic rings. The smallest absolute Gasteiger partial charge is 0.228 e. The van der Waals surface area contributed by atoms with Gasteiger partial charge in [-0.05, 0) is 56.5 Å². The molecule has 0 radical (unpaired) electrons. The van der Waals surface area contributed by atoms with Crippen LogP contribution < -0.4 is 10.6 Å².